The van der Waals surface area contributed by atoms with Crippen LogP contribution in [0.15, 0.2) is 48.6 Å². The zero-order valence-electron chi connectivity index (χ0n) is 50.7. The molecule has 0 aromatic heterocycles. The Bertz CT molecular complexity index is 1380. The van der Waals surface area contributed by atoms with Crippen LogP contribution in [-0.4, -0.2) is 87.4 Å². The Hall–Kier alpha value is -2.75. The second kappa shape index (κ2) is 58.4. The predicted octanol–water partition coefficient (Wildman–Crippen LogP) is 19.4. The number of aliphatic carboxylic acids is 1. The van der Waals surface area contributed by atoms with Gasteiger partial charge in [-0.1, -0.05) is 287 Å². The second-order valence-electron chi connectivity index (χ2n) is 23.1. The van der Waals surface area contributed by atoms with Crippen molar-refractivity contribution in [3.63, 3.8) is 0 Å². The Labute approximate surface area is 470 Å². The smallest absolute Gasteiger partial charge is 0.361 e. The third kappa shape index (κ3) is 58.9. The van der Waals surface area contributed by atoms with Crippen molar-refractivity contribution >= 4 is 17.9 Å². The van der Waals surface area contributed by atoms with Crippen LogP contribution in [0.5, 0.6) is 0 Å². The molecule has 0 rings (SSSR count). The lowest BCUT2D eigenvalue weighted by Gasteiger charge is -2.25. The van der Waals surface area contributed by atoms with Crippen molar-refractivity contribution in [1.82, 2.24) is 0 Å². The Morgan fingerprint density at radius 1 is 0.408 bits per heavy atom. The maximum absolute atomic E-state index is 12.9. The van der Waals surface area contributed by atoms with Crippen molar-refractivity contribution in [3.8, 4) is 0 Å². The van der Waals surface area contributed by atoms with E-state index in [-0.39, 0.29) is 32.2 Å². The summed E-state index contributed by atoms with van der Waals surface area (Å²) < 4.78 is 22.9. The minimum absolute atomic E-state index is 0.185. The fourth-order valence-electron chi connectivity index (χ4n) is 9.42. The molecule has 0 aliphatic rings. The number of quaternary nitrogens is 1. The summed E-state index contributed by atoms with van der Waals surface area (Å²) in [7, 11) is 5.97. The standard InChI is InChI=1S/C67H123NO8/c1-6-8-10-12-14-16-18-20-22-24-26-27-28-29-30-31-32-33-34-35-36-37-38-40-41-43-45-47-49-51-53-55-57-64(69)74-61-63(62-75-67(66(71)72)73-60-59-68(3,4)5)76-65(70)58-56-54-52-50-48-46-44-42-39-25-23-21-19-17-15-13-11-9-7-2/h9,11,15,17,21,23,39,42,63,67H,6-8,10,12-14,16,18-20,22,24-38,40-41,43-62H2,1-5H3/p+1/b11-9-,17-15-,23-21-,42-39-. The van der Waals surface area contributed by atoms with Gasteiger partial charge in [0, 0.05) is 12.8 Å². The predicted molar refractivity (Wildman–Crippen MR) is 323 cm³/mol. The highest BCUT2D eigenvalue weighted by atomic mass is 16.7. The molecule has 0 radical (unpaired) electrons. The van der Waals surface area contributed by atoms with Gasteiger partial charge in [-0.05, 0) is 51.4 Å². The van der Waals surface area contributed by atoms with E-state index in [1.165, 1.54) is 186 Å². The van der Waals surface area contributed by atoms with E-state index in [9.17, 15) is 19.5 Å². The molecule has 0 aromatic carbocycles. The SMILES string of the molecule is CC/C=C\C/C=C\C/C=C\C/C=C\CCCCCCCCC(=O)OC(COC(=O)CCCCCCCCCCCCCCCCCCCCCCCCCCCCCCCCCC)COC(OCC[N+](C)(C)C)C(=O)O. The van der Waals surface area contributed by atoms with E-state index in [0.717, 1.165) is 83.5 Å². The summed E-state index contributed by atoms with van der Waals surface area (Å²) in [5.74, 6) is -2.01. The molecular formula is C67H124NO8+. The topological polar surface area (TPSA) is 108 Å². The number of carboxylic acid groups (broad SMARTS) is 1. The number of likely N-dealkylation sites (N-methyl/N-ethyl adjacent to an activating group) is 1. The summed E-state index contributed by atoms with van der Waals surface area (Å²) in [5, 5.41) is 9.71. The van der Waals surface area contributed by atoms with Gasteiger partial charge >= 0.3 is 17.9 Å². The van der Waals surface area contributed by atoms with Gasteiger partial charge in [0.05, 0.1) is 34.4 Å². The van der Waals surface area contributed by atoms with E-state index in [0.29, 0.717) is 23.9 Å². The lowest BCUT2D eigenvalue weighted by Crippen LogP contribution is -2.40. The summed E-state index contributed by atoms with van der Waals surface area (Å²) in [6.45, 7) is 4.79. The number of esters is 2. The van der Waals surface area contributed by atoms with Crippen LogP contribution in [0.4, 0.5) is 0 Å². The van der Waals surface area contributed by atoms with Gasteiger partial charge in [0.15, 0.2) is 6.10 Å². The number of carbonyl (C=O) groups is 3. The first kappa shape index (κ1) is 73.2. The maximum Gasteiger partial charge on any atom is 0.361 e. The van der Waals surface area contributed by atoms with Crippen LogP contribution in [0.1, 0.15) is 303 Å². The Morgan fingerprint density at radius 2 is 0.750 bits per heavy atom. The molecule has 9 heteroatoms. The molecule has 0 aromatic rings. The molecule has 0 saturated carbocycles. The monoisotopic (exact) mass is 1070 g/mol. The molecule has 0 aliphatic carbocycles. The molecule has 0 saturated heterocycles. The molecule has 1 N–H and O–H groups in total. The van der Waals surface area contributed by atoms with Gasteiger partial charge in [-0.15, -0.1) is 0 Å². The molecule has 2 unspecified atom stereocenters. The summed E-state index contributed by atoms with van der Waals surface area (Å²) in [6.07, 6.45) is 70.8. The molecule has 0 heterocycles. The van der Waals surface area contributed by atoms with Gasteiger partial charge in [-0.25, -0.2) is 4.79 Å². The summed E-state index contributed by atoms with van der Waals surface area (Å²) in [6, 6.07) is 0. The average Bonchev–Trinajstić information content (AvgIpc) is 3.39. The third-order valence-electron chi connectivity index (χ3n) is 14.3. The molecule has 444 valence electrons. The van der Waals surface area contributed by atoms with Crippen LogP contribution in [0.25, 0.3) is 0 Å². The maximum atomic E-state index is 12.9. The lowest BCUT2D eigenvalue weighted by atomic mass is 10.0. The van der Waals surface area contributed by atoms with E-state index >= 15 is 0 Å². The van der Waals surface area contributed by atoms with Gasteiger partial charge < -0.3 is 28.5 Å². The van der Waals surface area contributed by atoms with Crippen LogP contribution in [-0.2, 0) is 33.3 Å². The number of allylic oxidation sites excluding steroid dienone is 8. The molecule has 0 fully saturated rings. The fourth-order valence-corrected chi connectivity index (χ4v) is 9.42. The number of unbranched alkanes of at least 4 members (excludes halogenated alkanes) is 37. The number of hydrogen-bond donors (Lipinski definition) is 1. The highest BCUT2D eigenvalue weighted by Gasteiger charge is 2.25. The molecule has 76 heavy (non-hydrogen) atoms. The highest BCUT2D eigenvalue weighted by molar-refractivity contribution is 5.71. The van der Waals surface area contributed by atoms with Gasteiger partial charge in [0.2, 0.25) is 0 Å². The lowest BCUT2D eigenvalue weighted by molar-refractivity contribution is -0.870. The van der Waals surface area contributed by atoms with Crippen LogP contribution in [0.2, 0.25) is 0 Å². The van der Waals surface area contributed by atoms with Crippen molar-refractivity contribution in [3.05, 3.63) is 48.6 Å². The quantitative estimate of drug-likeness (QED) is 0.0211. The largest absolute Gasteiger partial charge is 0.477 e. The number of nitrogens with zero attached hydrogens (tertiary/aromatic N) is 1. The van der Waals surface area contributed by atoms with E-state index < -0.39 is 24.3 Å². The normalized spacial score (nSPS) is 13.0. The van der Waals surface area contributed by atoms with Gasteiger partial charge in [0.25, 0.3) is 6.29 Å². The van der Waals surface area contributed by atoms with Crippen molar-refractivity contribution in [1.29, 1.82) is 0 Å². The highest BCUT2D eigenvalue weighted by Crippen LogP contribution is 2.18. The number of carbonyl (C=O) groups excluding carboxylic acids is 2. The van der Waals surface area contributed by atoms with E-state index in [4.69, 9.17) is 18.9 Å². The van der Waals surface area contributed by atoms with Crippen LogP contribution >= 0.6 is 0 Å². The zero-order chi connectivity index (χ0) is 55.5. The molecule has 0 spiro atoms. The van der Waals surface area contributed by atoms with Gasteiger partial charge in [-0.2, -0.15) is 0 Å². The number of carboxylic acids is 1. The van der Waals surface area contributed by atoms with Crippen LogP contribution in [0.3, 0.4) is 0 Å². The summed E-state index contributed by atoms with van der Waals surface area (Å²) in [5.41, 5.74) is 0. The van der Waals surface area contributed by atoms with Gasteiger partial charge in [-0.3, -0.25) is 9.59 Å². The van der Waals surface area contributed by atoms with E-state index in [1.807, 2.05) is 21.1 Å². The number of rotatable bonds is 60. The molecule has 0 bridgehead atoms. The zero-order valence-corrected chi connectivity index (χ0v) is 50.7. The van der Waals surface area contributed by atoms with E-state index in [1.54, 1.807) is 0 Å². The average molecular weight is 1070 g/mol. The van der Waals surface area contributed by atoms with Crippen molar-refractivity contribution in [2.75, 3.05) is 47.5 Å². The summed E-state index contributed by atoms with van der Waals surface area (Å²) in [4.78, 5) is 37.5. The Balaban J connectivity index is 4.07. The van der Waals surface area contributed by atoms with Crippen LogP contribution < -0.4 is 0 Å². The first-order valence-electron chi connectivity index (χ1n) is 32.3. The van der Waals surface area contributed by atoms with Crippen molar-refractivity contribution in [2.45, 2.75) is 315 Å². The third-order valence-corrected chi connectivity index (χ3v) is 14.3. The van der Waals surface area contributed by atoms with Crippen molar-refractivity contribution < 1.29 is 42.9 Å². The minimum Gasteiger partial charge on any atom is -0.477 e. The summed E-state index contributed by atoms with van der Waals surface area (Å²) >= 11 is 0. The molecule has 2 atom stereocenters. The minimum atomic E-state index is -1.51. The number of ether oxygens (including phenoxy) is 4. The second-order valence-corrected chi connectivity index (χ2v) is 23.1. The van der Waals surface area contributed by atoms with Gasteiger partial charge in [0.1, 0.15) is 13.2 Å². The molecule has 0 amide bonds. The fraction of sp³-hybridized carbons (Fsp3) is 0.836. The number of hydrogen-bond acceptors (Lipinski definition) is 7. The van der Waals surface area contributed by atoms with Crippen molar-refractivity contribution in [2.24, 2.45) is 0 Å². The molecule has 9 nitrogen and oxygen atoms in total. The first-order valence-corrected chi connectivity index (χ1v) is 32.3. The molecule has 0 aliphatic heterocycles. The Kier molecular flexibility index (Phi) is 56.3. The Morgan fingerprint density at radius 3 is 1.12 bits per heavy atom. The first-order chi connectivity index (χ1) is 37.1. The molecular weight excluding hydrogens is 947 g/mol. The van der Waals surface area contributed by atoms with E-state index in [2.05, 4.69) is 62.5 Å². The van der Waals surface area contributed by atoms with Crippen LogP contribution in [0, 0.1) is 0 Å².